The molecule has 0 N–H and O–H groups in total. The second-order valence-electron chi connectivity index (χ2n) is 6.17. The molecular weight excluding hydrogens is 356 g/mol. The van der Waals surface area contributed by atoms with Crippen LogP contribution in [0.25, 0.3) is 6.08 Å². The van der Waals surface area contributed by atoms with E-state index in [1.54, 1.807) is 35.0 Å². The zero-order valence-corrected chi connectivity index (χ0v) is 15.7. The van der Waals surface area contributed by atoms with Crippen LogP contribution in [0.4, 0.5) is 8.78 Å². The predicted octanol–water partition coefficient (Wildman–Crippen LogP) is 3.48. The smallest absolute Gasteiger partial charge is 0.387 e. The fourth-order valence-electron chi connectivity index (χ4n) is 2.56. The Morgan fingerprint density at radius 3 is 2.67 bits per heavy atom. The fourth-order valence-corrected chi connectivity index (χ4v) is 2.56. The van der Waals surface area contributed by atoms with Crippen molar-refractivity contribution in [3.05, 3.63) is 47.8 Å². The topological polar surface area (TPSA) is 56.6 Å². The molecule has 27 heavy (non-hydrogen) atoms. The lowest BCUT2D eigenvalue weighted by Gasteiger charge is -2.25. The molecule has 2 aromatic rings. The van der Waals surface area contributed by atoms with E-state index in [4.69, 9.17) is 4.74 Å². The van der Waals surface area contributed by atoms with Gasteiger partial charge in [0.15, 0.2) is 11.5 Å². The number of hydrogen-bond acceptors (Lipinski definition) is 4. The van der Waals surface area contributed by atoms with Crippen molar-refractivity contribution in [2.75, 3.05) is 7.11 Å². The molecule has 0 bridgehead atoms. The highest BCUT2D eigenvalue weighted by Crippen LogP contribution is 2.33. The maximum Gasteiger partial charge on any atom is 0.387 e. The highest BCUT2D eigenvalue weighted by molar-refractivity contribution is 5.92. The molecule has 0 aliphatic carbocycles. The summed E-state index contributed by atoms with van der Waals surface area (Å²) in [5.41, 5.74) is 1.23. The first-order valence-corrected chi connectivity index (χ1v) is 8.39. The maximum absolute atomic E-state index is 12.7. The SMILES string of the molecule is COc1cccc(/C=C/C(=O)N(Cc2cnn(C)c2)C(C)C)c1OC(F)F. The second-order valence-corrected chi connectivity index (χ2v) is 6.17. The molecule has 0 saturated heterocycles. The third-order valence-electron chi connectivity index (χ3n) is 3.86. The molecule has 1 amide bonds. The average Bonchev–Trinajstić information content (AvgIpc) is 3.02. The number of para-hydroxylation sites is 1. The van der Waals surface area contributed by atoms with E-state index in [1.165, 1.54) is 25.3 Å². The van der Waals surface area contributed by atoms with Crippen LogP contribution in [0.15, 0.2) is 36.7 Å². The number of aryl methyl sites for hydroxylation is 1. The number of nitrogens with zero attached hydrogens (tertiary/aromatic N) is 3. The molecule has 1 aromatic heterocycles. The number of halogens is 2. The van der Waals surface area contributed by atoms with Gasteiger partial charge < -0.3 is 14.4 Å². The number of rotatable bonds is 8. The lowest BCUT2D eigenvalue weighted by atomic mass is 10.1. The maximum atomic E-state index is 12.7. The largest absolute Gasteiger partial charge is 0.493 e. The molecule has 6 nitrogen and oxygen atoms in total. The molecular formula is C19H23F2N3O3. The third-order valence-corrected chi connectivity index (χ3v) is 3.86. The Kier molecular flexibility index (Phi) is 6.92. The van der Waals surface area contributed by atoms with E-state index in [2.05, 4.69) is 9.84 Å². The minimum atomic E-state index is -3.00. The minimum Gasteiger partial charge on any atom is -0.493 e. The van der Waals surface area contributed by atoms with Gasteiger partial charge in [-0.05, 0) is 26.0 Å². The summed E-state index contributed by atoms with van der Waals surface area (Å²) in [6, 6.07) is 4.67. The van der Waals surface area contributed by atoms with E-state index in [9.17, 15) is 13.6 Å². The molecule has 1 heterocycles. The summed E-state index contributed by atoms with van der Waals surface area (Å²) < 4.78 is 36.7. The summed E-state index contributed by atoms with van der Waals surface area (Å²) in [5, 5.41) is 4.10. The Morgan fingerprint density at radius 2 is 2.11 bits per heavy atom. The molecule has 0 fully saturated rings. The van der Waals surface area contributed by atoms with Gasteiger partial charge in [0.2, 0.25) is 5.91 Å². The van der Waals surface area contributed by atoms with Crippen molar-refractivity contribution in [2.45, 2.75) is 33.0 Å². The molecule has 0 saturated carbocycles. The summed E-state index contributed by atoms with van der Waals surface area (Å²) >= 11 is 0. The van der Waals surface area contributed by atoms with Crippen LogP contribution in [-0.4, -0.2) is 40.4 Å². The van der Waals surface area contributed by atoms with Crippen LogP contribution in [0.5, 0.6) is 11.5 Å². The van der Waals surface area contributed by atoms with Gasteiger partial charge in [-0.1, -0.05) is 12.1 Å². The molecule has 0 unspecified atom stereocenters. The highest BCUT2D eigenvalue weighted by Gasteiger charge is 2.17. The second kappa shape index (κ2) is 9.16. The summed E-state index contributed by atoms with van der Waals surface area (Å²) in [6.45, 7) is 1.20. The van der Waals surface area contributed by atoms with E-state index in [1.807, 2.05) is 20.0 Å². The predicted molar refractivity (Wildman–Crippen MR) is 97.6 cm³/mol. The first-order valence-electron chi connectivity index (χ1n) is 8.39. The summed E-state index contributed by atoms with van der Waals surface area (Å²) in [6.07, 6.45) is 6.32. The lowest BCUT2D eigenvalue weighted by Crippen LogP contribution is -2.35. The molecule has 0 spiro atoms. The molecule has 1 aromatic carbocycles. The van der Waals surface area contributed by atoms with Crippen LogP contribution in [0.2, 0.25) is 0 Å². The lowest BCUT2D eigenvalue weighted by molar-refractivity contribution is -0.128. The average molecular weight is 379 g/mol. The molecule has 0 radical (unpaired) electrons. The van der Waals surface area contributed by atoms with Gasteiger partial charge >= 0.3 is 6.61 Å². The van der Waals surface area contributed by atoms with E-state index in [0.717, 1.165) is 5.56 Å². The number of amides is 1. The Labute approximate surface area is 157 Å². The van der Waals surface area contributed by atoms with Crippen molar-refractivity contribution in [2.24, 2.45) is 7.05 Å². The van der Waals surface area contributed by atoms with Gasteiger partial charge in [-0.3, -0.25) is 9.48 Å². The molecule has 146 valence electrons. The normalized spacial score (nSPS) is 11.4. The van der Waals surface area contributed by atoms with Crippen molar-refractivity contribution in [1.29, 1.82) is 0 Å². The summed E-state index contributed by atoms with van der Waals surface area (Å²) in [4.78, 5) is 14.3. The van der Waals surface area contributed by atoms with Crippen molar-refractivity contribution in [1.82, 2.24) is 14.7 Å². The quantitative estimate of drug-likeness (QED) is 0.659. The van der Waals surface area contributed by atoms with Gasteiger partial charge in [-0.25, -0.2) is 0 Å². The number of carbonyl (C=O) groups excluding carboxylic acids is 1. The number of ether oxygens (including phenoxy) is 2. The summed E-state index contributed by atoms with van der Waals surface area (Å²) in [7, 11) is 3.17. The van der Waals surface area contributed by atoms with Crippen molar-refractivity contribution in [3.8, 4) is 11.5 Å². The van der Waals surface area contributed by atoms with Gasteiger partial charge in [-0.15, -0.1) is 0 Å². The number of hydrogen-bond donors (Lipinski definition) is 0. The Hall–Kier alpha value is -2.90. The van der Waals surface area contributed by atoms with Gasteiger partial charge in [0.25, 0.3) is 0 Å². The number of benzene rings is 1. The van der Waals surface area contributed by atoms with Crippen LogP contribution < -0.4 is 9.47 Å². The van der Waals surface area contributed by atoms with Crippen molar-refractivity contribution in [3.63, 3.8) is 0 Å². The Bertz CT molecular complexity index is 803. The third kappa shape index (κ3) is 5.54. The van der Waals surface area contributed by atoms with E-state index in [0.29, 0.717) is 12.1 Å². The zero-order valence-electron chi connectivity index (χ0n) is 15.7. The van der Waals surface area contributed by atoms with Gasteiger partial charge in [0, 0.05) is 43.0 Å². The number of aromatic nitrogens is 2. The standard InChI is InChI=1S/C19H23F2N3O3/c1-13(2)24(12-14-10-22-23(3)11-14)17(25)9-8-15-6-5-7-16(26-4)18(15)27-19(20)21/h5-11,13,19H,12H2,1-4H3/b9-8+. The molecule has 0 aliphatic rings. The van der Waals surface area contributed by atoms with Gasteiger partial charge in [0.1, 0.15) is 0 Å². The first-order chi connectivity index (χ1) is 12.8. The zero-order chi connectivity index (χ0) is 20.0. The first kappa shape index (κ1) is 20.4. The molecule has 8 heteroatoms. The van der Waals surface area contributed by atoms with Crippen LogP contribution in [-0.2, 0) is 18.4 Å². The Morgan fingerprint density at radius 1 is 1.37 bits per heavy atom. The monoisotopic (exact) mass is 379 g/mol. The van der Waals surface area contributed by atoms with Gasteiger partial charge in [-0.2, -0.15) is 13.9 Å². The number of alkyl halides is 2. The minimum absolute atomic E-state index is 0.0514. The Balaban J connectivity index is 2.23. The molecule has 0 aliphatic heterocycles. The fraction of sp³-hybridized carbons (Fsp3) is 0.368. The number of methoxy groups -OCH3 is 1. The highest BCUT2D eigenvalue weighted by atomic mass is 19.3. The summed E-state index contributed by atoms with van der Waals surface area (Å²) in [5.74, 6) is -0.192. The van der Waals surface area contributed by atoms with E-state index < -0.39 is 6.61 Å². The van der Waals surface area contributed by atoms with E-state index in [-0.39, 0.29) is 23.4 Å². The van der Waals surface area contributed by atoms with E-state index >= 15 is 0 Å². The van der Waals surface area contributed by atoms with Crippen LogP contribution in [0.3, 0.4) is 0 Å². The van der Waals surface area contributed by atoms with Crippen molar-refractivity contribution < 1.29 is 23.0 Å². The van der Waals surface area contributed by atoms with Crippen LogP contribution >= 0.6 is 0 Å². The van der Waals surface area contributed by atoms with Crippen LogP contribution in [0.1, 0.15) is 25.0 Å². The molecule has 2 rings (SSSR count). The van der Waals surface area contributed by atoms with Crippen molar-refractivity contribution >= 4 is 12.0 Å². The molecule has 0 atom stereocenters. The van der Waals surface area contributed by atoms with Gasteiger partial charge in [0.05, 0.1) is 13.3 Å². The number of carbonyl (C=O) groups is 1. The van der Waals surface area contributed by atoms with Crippen LogP contribution in [0, 0.1) is 0 Å².